The van der Waals surface area contributed by atoms with Gasteiger partial charge < -0.3 is 16.0 Å². The first-order valence-corrected chi connectivity index (χ1v) is 9.79. The van der Waals surface area contributed by atoms with E-state index >= 15 is 0 Å². The smallest absolute Gasteiger partial charge is 0.259 e. The monoisotopic (exact) mass is 398 g/mol. The number of carbonyl (C=O) groups is 1. The molecule has 26 heavy (non-hydrogen) atoms. The minimum absolute atomic E-state index is 0. The van der Waals surface area contributed by atoms with Gasteiger partial charge in [-0.2, -0.15) is 0 Å². The topological polar surface area (TPSA) is 101 Å². The van der Waals surface area contributed by atoms with Crippen molar-refractivity contribution in [3.8, 4) is 0 Å². The van der Waals surface area contributed by atoms with Gasteiger partial charge in [-0.05, 0) is 44.7 Å². The number of aromatic nitrogens is 2. The summed E-state index contributed by atoms with van der Waals surface area (Å²) >= 11 is 1.53. The predicted molar refractivity (Wildman–Crippen MR) is 108 cm³/mol. The number of nitrogens with two attached hydrogens (primary N) is 1. The molecule has 0 radical (unpaired) electrons. The second-order valence-corrected chi connectivity index (χ2v) is 8.13. The number of rotatable bonds is 5. The van der Waals surface area contributed by atoms with Crippen LogP contribution in [0.2, 0.25) is 0 Å². The molecule has 8 heteroatoms. The maximum atomic E-state index is 12.3. The zero-order valence-electron chi connectivity index (χ0n) is 15.3. The van der Waals surface area contributed by atoms with Gasteiger partial charge in [0.25, 0.3) is 5.56 Å². The largest absolute Gasteiger partial charge is 0.353 e. The van der Waals surface area contributed by atoms with Crippen molar-refractivity contribution in [2.24, 2.45) is 11.7 Å². The summed E-state index contributed by atoms with van der Waals surface area (Å²) in [5.41, 5.74) is 6.69. The average Bonchev–Trinajstić information content (AvgIpc) is 2.88. The molecule has 1 saturated carbocycles. The third-order valence-electron chi connectivity index (χ3n) is 5.24. The number of nitrogens with one attached hydrogen (secondary N) is 2. The summed E-state index contributed by atoms with van der Waals surface area (Å²) in [4.78, 5) is 33.8. The minimum atomic E-state index is -0.113. The second kappa shape index (κ2) is 8.97. The molecular formula is C18H27ClN4O2S. The summed E-state index contributed by atoms with van der Waals surface area (Å²) in [5.74, 6) is 0.962. The highest BCUT2D eigenvalue weighted by molar-refractivity contribution is 7.18. The first-order valence-electron chi connectivity index (χ1n) is 8.98. The Morgan fingerprint density at radius 3 is 2.81 bits per heavy atom. The Labute approximate surface area is 163 Å². The Balaban J connectivity index is 0.00000243. The molecule has 0 saturated heterocycles. The molecule has 4 N–H and O–H groups in total. The lowest BCUT2D eigenvalue weighted by Crippen LogP contribution is -2.44. The lowest BCUT2D eigenvalue weighted by atomic mass is 9.84. The molecule has 1 aliphatic rings. The third kappa shape index (κ3) is 4.45. The van der Waals surface area contributed by atoms with Crippen LogP contribution in [0.4, 0.5) is 0 Å². The number of amides is 1. The normalized spacial score (nSPS) is 20.0. The number of aromatic amines is 1. The lowest BCUT2D eigenvalue weighted by molar-refractivity contribution is -0.122. The van der Waals surface area contributed by atoms with E-state index in [0.717, 1.165) is 34.5 Å². The molecule has 1 aliphatic carbocycles. The number of H-pyrrole nitrogens is 1. The number of carbonyl (C=O) groups excluding carboxylic acids is 1. The van der Waals surface area contributed by atoms with Crippen LogP contribution in [-0.4, -0.2) is 28.5 Å². The highest BCUT2D eigenvalue weighted by Crippen LogP contribution is 2.26. The van der Waals surface area contributed by atoms with Gasteiger partial charge in [0.1, 0.15) is 10.7 Å². The van der Waals surface area contributed by atoms with Crippen LogP contribution in [0.3, 0.4) is 0 Å². The zero-order valence-corrected chi connectivity index (χ0v) is 16.9. The summed E-state index contributed by atoms with van der Waals surface area (Å²) in [7, 11) is 0. The van der Waals surface area contributed by atoms with Crippen LogP contribution in [0.5, 0.6) is 0 Å². The first kappa shape index (κ1) is 20.9. The molecule has 6 nitrogen and oxygen atoms in total. The fourth-order valence-electron chi connectivity index (χ4n) is 3.61. The third-order valence-corrected chi connectivity index (χ3v) is 6.34. The van der Waals surface area contributed by atoms with Crippen LogP contribution >= 0.6 is 23.7 Å². The van der Waals surface area contributed by atoms with Gasteiger partial charge in [0, 0.05) is 23.8 Å². The van der Waals surface area contributed by atoms with Gasteiger partial charge in [0.05, 0.1) is 5.39 Å². The maximum absolute atomic E-state index is 12.3. The van der Waals surface area contributed by atoms with Crippen molar-refractivity contribution >= 4 is 39.9 Å². The Kier molecular flexibility index (Phi) is 7.20. The predicted octanol–water partition coefficient (Wildman–Crippen LogP) is 2.59. The molecule has 2 aromatic heterocycles. The summed E-state index contributed by atoms with van der Waals surface area (Å²) < 4.78 is 0. The van der Waals surface area contributed by atoms with Crippen molar-refractivity contribution in [2.75, 3.05) is 6.54 Å². The van der Waals surface area contributed by atoms with E-state index in [4.69, 9.17) is 5.73 Å². The highest BCUT2D eigenvalue weighted by Gasteiger charge is 2.25. The van der Waals surface area contributed by atoms with Crippen LogP contribution in [0, 0.1) is 19.8 Å². The number of halogens is 1. The molecule has 0 aliphatic heterocycles. The van der Waals surface area contributed by atoms with E-state index in [1.165, 1.54) is 17.8 Å². The molecule has 0 bridgehead atoms. The Bertz CT molecular complexity index is 832. The fraction of sp³-hybridized carbons (Fsp3) is 0.611. The number of aryl methyl sites for hydroxylation is 3. The molecule has 0 spiro atoms. The second-order valence-electron chi connectivity index (χ2n) is 6.93. The van der Waals surface area contributed by atoms with Gasteiger partial charge in [-0.1, -0.05) is 12.8 Å². The number of nitrogens with zero attached hydrogens (tertiary/aromatic N) is 1. The Morgan fingerprint density at radius 2 is 2.08 bits per heavy atom. The van der Waals surface area contributed by atoms with E-state index in [0.29, 0.717) is 36.5 Å². The van der Waals surface area contributed by atoms with Crippen LogP contribution in [0.1, 0.15) is 48.4 Å². The summed E-state index contributed by atoms with van der Waals surface area (Å²) in [5, 5.41) is 3.79. The van der Waals surface area contributed by atoms with E-state index in [1.54, 1.807) is 0 Å². The van der Waals surface area contributed by atoms with Crippen molar-refractivity contribution in [3.05, 3.63) is 26.6 Å². The van der Waals surface area contributed by atoms with Gasteiger partial charge in [0.15, 0.2) is 0 Å². The molecular weight excluding hydrogens is 372 g/mol. The number of fused-ring (bicyclic) bond motifs is 1. The summed E-state index contributed by atoms with van der Waals surface area (Å²) in [6, 6.07) is 0.184. The first-order chi connectivity index (χ1) is 12.0. The highest BCUT2D eigenvalue weighted by atomic mass is 35.5. The Morgan fingerprint density at radius 1 is 1.35 bits per heavy atom. The molecule has 2 unspecified atom stereocenters. The summed E-state index contributed by atoms with van der Waals surface area (Å²) in [6.45, 7) is 4.55. The fourth-order valence-corrected chi connectivity index (χ4v) is 4.66. The quantitative estimate of drug-likeness (QED) is 0.720. The maximum Gasteiger partial charge on any atom is 0.259 e. The molecule has 3 rings (SSSR count). The summed E-state index contributed by atoms with van der Waals surface area (Å²) in [6.07, 6.45) is 5.19. The number of hydrogen-bond donors (Lipinski definition) is 3. The lowest BCUT2D eigenvalue weighted by Gasteiger charge is -2.31. The van der Waals surface area contributed by atoms with Crippen LogP contribution in [-0.2, 0) is 11.2 Å². The van der Waals surface area contributed by atoms with Crippen LogP contribution in [0.15, 0.2) is 4.79 Å². The molecule has 1 amide bonds. The molecule has 2 heterocycles. The van der Waals surface area contributed by atoms with Crippen molar-refractivity contribution in [2.45, 2.75) is 58.4 Å². The van der Waals surface area contributed by atoms with Crippen molar-refractivity contribution < 1.29 is 4.79 Å². The van der Waals surface area contributed by atoms with Gasteiger partial charge in [0.2, 0.25) is 5.91 Å². The van der Waals surface area contributed by atoms with Gasteiger partial charge in [-0.3, -0.25) is 9.59 Å². The van der Waals surface area contributed by atoms with Gasteiger partial charge >= 0.3 is 0 Å². The van der Waals surface area contributed by atoms with E-state index < -0.39 is 0 Å². The molecule has 1 fully saturated rings. The van der Waals surface area contributed by atoms with Gasteiger partial charge in [-0.25, -0.2) is 4.98 Å². The van der Waals surface area contributed by atoms with Crippen LogP contribution < -0.4 is 16.6 Å². The average molecular weight is 399 g/mol. The zero-order chi connectivity index (χ0) is 18.0. The standard InChI is InChI=1S/C18H26N4O2S.ClH/c1-10-11(2)25-18-16(10)17(24)21-14(22-18)7-8-15(23)20-13-6-4-3-5-12(13)9-19;/h12-13H,3-9,19H2,1-2H3,(H,20,23)(H,21,22,24);1H. The van der Waals surface area contributed by atoms with E-state index in [2.05, 4.69) is 15.3 Å². The molecule has 2 atom stereocenters. The van der Waals surface area contributed by atoms with Crippen molar-refractivity contribution in [3.63, 3.8) is 0 Å². The van der Waals surface area contributed by atoms with E-state index in [1.807, 2.05) is 13.8 Å². The van der Waals surface area contributed by atoms with E-state index in [9.17, 15) is 9.59 Å². The molecule has 2 aromatic rings. The molecule has 144 valence electrons. The van der Waals surface area contributed by atoms with Gasteiger partial charge in [-0.15, -0.1) is 23.7 Å². The number of thiophene rings is 1. The minimum Gasteiger partial charge on any atom is -0.353 e. The van der Waals surface area contributed by atoms with Crippen molar-refractivity contribution in [1.82, 2.24) is 15.3 Å². The number of hydrogen-bond acceptors (Lipinski definition) is 5. The Hall–Kier alpha value is -1.44. The van der Waals surface area contributed by atoms with Crippen molar-refractivity contribution in [1.29, 1.82) is 0 Å². The SMILES string of the molecule is Cc1sc2nc(CCC(=O)NC3CCCCC3CN)[nH]c(=O)c2c1C.Cl. The molecule has 0 aromatic carbocycles. The van der Waals surface area contributed by atoms with E-state index in [-0.39, 0.29) is 29.9 Å². The van der Waals surface area contributed by atoms with Crippen LogP contribution in [0.25, 0.3) is 10.2 Å².